The molecule has 124 valence electrons. The third kappa shape index (κ3) is 6.00. The maximum absolute atomic E-state index is 12.1. The van der Waals surface area contributed by atoms with Crippen LogP contribution in [-0.2, 0) is 19.8 Å². The molecule has 1 aromatic rings. The van der Waals surface area contributed by atoms with Crippen molar-refractivity contribution >= 4 is 22.0 Å². The highest BCUT2D eigenvalue weighted by Crippen LogP contribution is 2.21. The predicted molar refractivity (Wildman–Crippen MR) is 86.5 cm³/mol. The van der Waals surface area contributed by atoms with Crippen molar-refractivity contribution in [1.29, 1.82) is 0 Å². The number of benzene rings is 1. The van der Waals surface area contributed by atoms with Gasteiger partial charge in [-0.25, -0.2) is 9.78 Å². The molecule has 0 saturated heterocycles. The molecule has 0 heterocycles. The smallest absolute Gasteiger partial charge is 0.283 e. The first-order valence-corrected chi connectivity index (χ1v) is 8.11. The Bertz CT molecular complexity index is 612. The lowest BCUT2D eigenvalue weighted by Crippen LogP contribution is -2.36. The number of nitrogens with zero attached hydrogens (tertiary/aromatic N) is 2. The van der Waals surface area contributed by atoms with E-state index >= 15 is 0 Å². The highest BCUT2D eigenvalue weighted by atomic mass is 32.2. The van der Waals surface area contributed by atoms with Crippen molar-refractivity contribution in [3.8, 4) is 0 Å². The summed E-state index contributed by atoms with van der Waals surface area (Å²) in [5, 5.41) is 3.20. The van der Waals surface area contributed by atoms with Crippen LogP contribution in [0.5, 0.6) is 0 Å². The van der Waals surface area contributed by atoms with Crippen LogP contribution in [0, 0.1) is 0 Å². The Hall–Kier alpha value is -1.64. The van der Waals surface area contributed by atoms with Crippen molar-refractivity contribution in [2.45, 2.75) is 24.3 Å². The van der Waals surface area contributed by atoms with Crippen LogP contribution in [0.4, 0.5) is 5.69 Å². The van der Waals surface area contributed by atoms with Gasteiger partial charge in [-0.2, -0.15) is 8.42 Å². The van der Waals surface area contributed by atoms with E-state index in [2.05, 4.69) is 14.6 Å². The maximum atomic E-state index is 12.1. The molecule has 0 amide bonds. The van der Waals surface area contributed by atoms with Crippen molar-refractivity contribution in [2.75, 3.05) is 33.1 Å². The summed E-state index contributed by atoms with van der Waals surface area (Å²) in [6.07, 6.45) is 1.26. The molecule has 0 aliphatic heterocycles. The molecular weight excluding hydrogens is 306 g/mol. The van der Waals surface area contributed by atoms with Crippen molar-refractivity contribution in [3.05, 3.63) is 24.3 Å². The largest absolute Gasteiger partial charge is 0.378 e. The zero-order chi connectivity index (χ0) is 16.8. The quantitative estimate of drug-likeness (QED) is 0.339. The Labute approximate surface area is 131 Å². The van der Waals surface area contributed by atoms with E-state index in [0.29, 0.717) is 12.3 Å². The summed E-state index contributed by atoms with van der Waals surface area (Å²) in [5.74, 6) is 0. The third-order valence-electron chi connectivity index (χ3n) is 2.57. The minimum absolute atomic E-state index is 0.124. The van der Waals surface area contributed by atoms with E-state index < -0.39 is 15.6 Å². The summed E-state index contributed by atoms with van der Waals surface area (Å²) in [5.41, 5.74) is 0.233. The number of rotatable bonds is 8. The summed E-state index contributed by atoms with van der Waals surface area (Å²) in [4.78, 5) is 11.2. The van der Waals surface area contributed by atoms with E-state index in [1.54, 1.807) is 31.1 Å². The van der Waals surface area contributed by atoms with Gasteiger partial charge < -0.3 is 10.2 Å². The van der Waals surface area contributed by atoms with E-state index in [1.165, 1.54) is 25.6 Å². The number of hydrogen-bond donors (Lipinski definition) is 1. The zero-order valence-corrected chi connectivity index (χ0v) is 14.3. The molecule has 0 aromatic heterocycles. The summed E-state index contributed by atoms with van der Waals surface area (Å²) in [7, 11) is 1.13. The summed E-state index contributed by atoms with van der Waals surface area (Å²) in [6, 6.07) is 6.49. The molecule has 8 heteroatoms. The van der Waals surface area contributed by atoms with Crippen LogP contribution in [0.1, 0.15) is 13.8 Å². The second-order valence-corrected chi connectivity index (χ2v) is 7.26. The van der Waals surface area contributed by atoms with Crippen molar-refractivity contribution in [3.63, 3.8) is 0 Å². The van der Waals surface area contributed by atoms with Crippen LogP contribution in [0.2, 0.25) is 0 Å². The molecule has 0 saturated carbocycles. The zero-order valence-electron chi connectivity index (χ0n) is 13.5. The van der Waals surface area contributed by atoms with Crippen molar-refractivity contribution in [1.82, 2.24) is 4.90 Å². The SMILES string of the molecule is COOCC(C)(C)Nc1cccc(S(=O)(=O)N=CN(C)C)c1. The van der Waals surface area contributed by atoms with Crippen molar-refractivity contribution in [2.24, 2.45) is 4.40 Å². The molecule has 1 rings (SSSR count). The van der Waals surface area contributed by atoms with Gasteiger partial charge in [-0.15, -0.1) is 4.40 Å². The molecule has 0 unspecified atom stereocenters. The fourth-order valence-corrected chi connectivity index (χ4v) is 2.55. The second-order valence-electron chi connectivity index (χ2n) is 5.63. The molecule has 0 aliphatic rings. The molecule has 1 N–H and O–H groups in total. The minimum Gasteiger partial charge on any atom is -0.378 e. The Kier molecular flexibility index (Phi) is 6.34. The lowest BCUT2D eigenvalue weighted by Gasteiger charge is -2.26. The topological polar surface area (TPSA) is 80.2 Å². The molecule has 0 spiro atoms. The molecule has 7 nitrogen and oxygen atoms in total. The van der Waals surface area contributed by atoms with E-state index in [0.717, 1.165) is 0 Å². The van der Waals surface area contributed by atoms with Gasteiger partial charge in [0.15, 0.2) is 0 Å². The predicted octanol–water partition coefficient (Wildman–Crippen LogP) is 1.73. The van der Waals surface area contributed by atoms with Gasteiger partial charge in [0, 0.05) is 19.8 Å². The molecule has 0 atom stereocenters. The molecule has 22 heavy (non-hydrogen) atoms. The van der Waals surface area contributed by atoms with Gasteiger partial charge in [-0.3, -0.25) is 0 Å². The van der Waals surface area contributed by atoms with E-state index in [-0.39, 0.29) is 4.90 Å². The summed E-state index contributed by atoms with van der Waals surface area (Å²) >= 11 is 0. The van der Waals surface area contributed by atoms with Gasteiger partial charge in [0.05, 0.1) is 17.5 Å². The molecule has 0 bridgehead atoms. The minimum atomic E-state index is -3.72. The average molecular weight is 329 g/mol. The van der Waals surface area contributed by atoms with Crippen LogP contribution in [-0.4, -0.2) is 53.0 Å². The first-order valence-electron chi connectivity index (χ1n) is 6.67. The lowest BCUT2D eigenvalue weighted by molar-refractivity contribution is -0.278. The van der Waals surface area contributed by atoms with Gasteiger partial charge in [0.1, 0.15) is 12.9 Å². The Morgan fingerprint density at radius 3 is 2.64 bits per heavy atom. The standard InChI is InChI=1S/C14H23N3O4S/c1-14(2,10-21-20-5)16-12-7-6-8-13(9-12)22(18,19)15-11-17(3)4/h6-9,11,16H,10H2,1-5H3. The highest BCUT2D eigenvalue weighted by molar-refractivity contribution is 7.90. The van der Waals surface area contributed by atoms with Gasteiger partial charge >= 0.3 is 0 Å². The van der Waals surface area contributed by atoms with Gasteiger partial charge in [-0.05, 0) is 32.0 Å². The van der Waals surface area contributed by atoms with E-state index in [9.17, 15) is 8.42 Å². The van der Waals surface area contributed by atoms with Gasteiger partial charge in [-0.1, -0.05) is 6.07 Å². The lowest BCUT2D eigenvalue weighted by atomic mass is 10.1. The van der Waals surface area contributed by atoms with E-state index in [4.69, 9.17) is 4.89 Å². The molecule has 0 fully saturated rings. The van der Waals surface area contributed by atoms with Crippen LogP contribution in [0.15, 0.2) is 33.6 Å². The van der Waals surface area contributed by atoms with Crippen LogP contribution < -0.4 is 5.32 Å². The number of anilines is 1. The Balaban J connectivity index is 2.95. The fourth-order valence-electron chi connectivity index (χ4n) is 1.58. The third-order valence-corrected chi connectivity index (χ3v) is 3.79. The Morgan fingerprint density at radius 2 is 2.05 bits per heavy atom. The summed E-state index contributed by atoms with van der Waals surface area (Å²) in [6.45, 7) is 4.13. The second kappa shape index (κ2) is 7.57. The van der Waals surface area contributed by atoms with Crippen molar-refractivity contribution < 1.29 is 18.2 Å². The molecule has 1 aromatic carbocycles. The van der Waals surface area contributed by atoms with Crippen LogP contribution >= 0.6 is 0 Å². The monoisotopic (exact) mass is 329 g/mol. The van der Waals surface area contributed by atoms with Crippen LogP contribution in [0.25, 0.3) is 0 Å². The number of hydrogen-bond acceptors (Lipinski definition) is 5. The average Bonchev–Trinajstić information content (AvgIpc) is 2.43. The fraction of sp³-hybridized carbons (Fsp3) is 0.500. The summed E-state index contributed by atoms with van der Waals surface area (Å²) < 4.78 is 27.9. The maximum Gasteiger partial charge on any atom is 0.283 e. The number of nitrogens with one attached hydrogen (secondary N) is 1. The molecule has 0 aliphatic carbocycles. The molecule has 0 radical (unpaired) electrons. The van der Waals surface area contributed by atoms with E-state index in [1.807, 2.05) is 13.8 Å². The Morgan fingerprint density at radius 1 is 1.36 bits per heavy atom. The van der Waals surface area contributed by atoms with Crippen LogP contribution in [0.3, 0.4) is 0 Å². The first-order chi connectivity index (χ1) is 10.2. The first kappa shape index (κ1) is 18.4. The van der Waals surface area contributed by atoms with Gasteiger partial charge in [0.25, 0.3) is 10.0 Å². The van der Waals surface area contributed by atoms with Gasteiger partial charge in [0.2, 0.25) is 0 Å². The normalized spacial score (nSPS) is 12.6. The highest BCUT2D eigenvalue weighted by Gasteiger charge is 2.19. The number of sulfonamides is 1. The molecular formula is C14H23N3O4S.